The highest BCUT2D eigenvalue weighted by molar-refractivity contribution is 8.06. The molecule has 1 amide bonds. The van der Waals surface area contributed by atoms with Crippen molar-refractivity contribution in [3.8, 4) is 0 Å². The SMILES string of the molecule is CC(=O)N1C=C[C@H]2ON=C(S(=O)(=O)c3ccccc3)[C@H]2[C@@H]1c1ccccc1. The number of hydrogen-bond acceptors (Lipinski definition) is 5. The van der Waals surface area contributed by atoms with Gasteiger partial charge in [-0.3, -0.25) is 4.79 Å². The summed E-state index contributed by atoms with van der Waals surface area (Å²) >= 11 is 0. The van der Waals surface area contributed by atoms with E-state index in [1.807, 2.05) is 30.3 Å². The van der Waals surface area contributed by atoms with Gasteiger partial charge in [-0.05, 0) is 23.8 Å². The molecule has 7 heteroatoms. The fourth-order valence-corrected chi connectivity index (χ4v) is 5.08. The van der Waals surface area contributed by atoms with Gasteiger partial charge in [-0.1, -0.05) is 53.7 Å². The zero-order valence-electron chi connectivity index (χ0n) is 14.6. The number of hydrogen-bond donors (Lipinski definition) is 0. The predicted octanol–water partition coefficient (Wildman–Crippen LogP) is 2.91. The molecule has 4 rings (SSSR count). The van der Waals surface area contributed by atoms with Crippen molar-refractivity contribution >= 4 is 20.8 Å². The van der Waals surface area contributed by atoms with Crippen LogP contribution in [0.25, 0.3) is 0 Å². The van der Waals surface area contributed by atoms with Gasteiger partial charge in [0.1, 0.15) is 0 Å². The fourth-order valence-electron chi connectivity index (χ4n) is 3.56. The molecule has 0 spiro atoms. The number of oxime groups is 1. The van der Waals surface area contributed by atoms with Crippen molar-refractivity contribution in [1.82, 2.24) is 4.90 Å². The summed E-state index contributed by atoms with van der Waals surface area (Å²) in [6, 6.07) is 17.0. The predicted molar refractivity (Wildman–Crippen MR) is 100 cm³/mol. The lowest BCUT2D eigenvalue weighted by Gasteiger charge is -2.37. The summed E-state index contributed by atoms with van der Waals surface area (Å²) in [5, 5.41) is 3.88. The van der Waals surface area contributed by atoms with Crippen LogP contribution in [0.3, 0.4) is 0 Å². The van der Waals surface area contributed by atoms with Crippen molar-refractivity contribution in [2.45, 2.75) is 24.0 Å². The van der Waals surface area contributed by atoms with E-state index in [0.717, 1.165) is 5.56 Å². The van der Waals surface area contributed by atoms with Crippen molar-refractivity contribution in [3.05, 3.63) is 78.5 Å². The number of rotatable bonds is 2. The van der Waals surface area contributed by atoms with E-state index in [2.05, 4.69) is 5.16 Å². The summed E-state index contributed by atoms with van der Waals surface area (Å²) < 4.78 is 26.4. The van der Waals surface area contributed by atoms with Gasteiger partial charge in [-0.15, -0.1) is 0 Å². The largest absolute Gasteiger partial charge is 0.387 e. The molecule has 0 unspecified atom stereocenters. The third-order valence-electron chi connectivity index (χ3n) is 4.81. The van der Waals surface area contributed by atoms with Crippen LogP contribution < -0.4 is 0 Å². The molecule has 0 saturated carbocycles. The third-order valence-corrected chi connectivity index (χ3v) is 6.60. The Balaban J connectivity index is 1.83. The second-order valence-corrected chi connectivity index (χ2v) is 8.36. The Bertz CT molecular complexity index is 1020. The summed E-state index contributed by atoms with van der Waals surface area (Å²) in [6.45, 7) is 1.46. The van der Waals surface area contributed by atoms with E-state index in [0.29, 0.717) is 0 Å². The second kappa shape index (κ2) is 6.66. The Kier molecular flexibility index (Phi) is 4.31. The Labute approximate surface area is 157 Å². The molecule has 3 atom stereocenters. The molecule has 27 heavy (non-hydrogen) atoms. The van der Waals surface area contributed by atoms with Gasteiger partial charge >= 0.3 is 0 Å². The maximum absolute atomic E-state index is 13.2. The van der Waals surface area contributed by atoms with E-state index < -0.39 is 27.9 Å². The molecule has 0 aromatic heterocycles. The van der Waals surface area contributed by atoms with Gasteiger partial charge in [0, 0.05) is 13.1 Å². The molecule has 2 aromatic rings. The van der Waals surface area contributed by atoms with Crippen LogP contribution in [0, 0.1) is 5.92 Å². The van der Waals surface area contributed by atoms with Crippen molar-refractivity contribution in [3.63, 3.8) is 0 Å². The van der Waals surface area contributed by atoms with E-state index in [1.54, 1.807) is 35.4 Å². The van der Waals surface area contributed by atoms with Gasteiger partial charge < -0.3 is 9.74 Å². The quantitative estimate of drug-likeness (QED) is 0.800. The first-order chi connectivity index (χ1) is 13.0. The smallest absolute Gasteiger partial charge is 0.223 e. The van der Waals surface area contributed by atoms with Gasteiger partial charge in [0.05, 0.1) is 16.9 Å². The number of carbonyl (C=O) groups excluding carboxylic acids is 1. The van der Waals surface area contributed by atoms with E-state index in [-0.39, 0.29) is 15.8 Å². The molecule has 138 valence electrons. The lowest BCUT2D eigenvalue weighted by atomic mass is 9.86. The molecule has 2 heterocycles. The monoisotopic (exact) mass is 382 g/mol. The van der Waals surface area contributed by atoms with Crippen molar-refractivity contribution in [2.75, 3.05) is 0 Å². The Morgan fingerprint density at radius 3 is 2.30 bits per heavy atom. The second-order valence-electron chi connectivity index (χ2n) is 6.47. The van der Waals surface area contributed by atoms with Crippen LogP contribution in [-0.4, -0.2) is 30.4 Å². The normalized spacial score (nSPS) is 24.1. The van der Waals surface area contributed by atoms with Gasteiger partial charge in [-0.25, -0.2) is 8.42 Å². The van der Waals surface area contributed by atoms with Gasteiger partial charge in [0.15, 0.2) is 11.1 Å². The van der Waals surface area contributed by atoms with Gasteiger partial charge in [-0.2, -0.15) is 0 Å². The summed E-state index contributed by atoms with van der Waals surface area (Å²) in [6.07, 6.45) is 2.79. The Hall–Kier alpha value is -2.93. The highest BCUT2D eigenvalue weighted by atomic mass is 32.2. The molecule has 0 aliphatic carbocycles. The van der Waals surface area contributed by atoms with Crippen molar-refractivity contribution < 1.29 is 18.0 Å². The first-order valence-electron chi connectivity index (χ1n) is 8.56. The first kappa shape index (κ1) is 17.5. The summed E-state index contributed by atoms with van der Waals surface area (Å²) in [4.78, 5) is 19.4. The van der Waals surface area contributed by atoms with Gasteiger partial charge in [0.2, 0.25) is 15.7 Å². The minimum Gasteiger partial charge on any atom is -0.387 e. The van der Waals surface area contributed by atoms with Crippen molar-refractivity contribution in [1.29, 1.82) is 0 Å². The number of benzene rings is 2. The highest BCUT2D eigenvalue weighted by Gasteiger charge is 2.50. The zero-order valence-corrected chi connectivity index (χ0v) is 15.4. The molecule has 2 aromatic carbocycles. The van der Waals surface area contributed by atoms with Crippen LogP contribution >= 0.6 is 0 Å². The molecule has 0 saturated heterocycles. The number of carbonyl (C=O) groups is 1. The summed E-state index contributed by atoms with van der Waals surface area (Å²) in [5.74, 6) is -0.798. The van der Waals surface area contributed by atoms with E-state index in [1.165, 1.54) is 19.1 Å². The van der Waals surface area contributed by atoms with Crippen LogP contribution in [0.5, 0.6) is 0 Å². The Morgan fingerprint density at radius 1 is 1.04 bits per heavy atom. The molecule has 6 nitrogen and oxygen atoms in total. The average Bonchev–Trinajstić information content (AvgIpc) is 3.13. The topological polar surface area (TPSA) is 76.0 Å². The lowest BCUT2D eigenvalue weighted by Crippen LogP contribution is -2.44. The standard InChI is InChI=1S/C20H18N2O4S/c1-14(23)22-13-12-17-18(19(22)15-8-4-2-5-9-15)20(21-26-17)27(24,25)16-10-6-3-7-11-16/h2-13,17-19H,1H3/t17-,18-,19+/m1/s1. The Morgan fingerprint density at radius 2 is 1.67 bits per heavy atom. The molecule has 0 fully saturated rings. The van der Waals surface area contributed by atoms with Crippen LogP contribution in [0.15, 0.2) is 83.0 Å². The number of sulfone groups is 1. The highest BCUT2D eigenvalue weighted by Crippen LogP contribution is 2.42. The summed E-state index contributed by atoms with van der Waals surface area (Å²) in [7, 11) is -3.85. The first-order valence-corrected chi connectivity index (χ1v) is 10.0. The maximum atomic E-state index is 13.2. The number of amides is 1. The van der Waals surface area contributed by atoms with Crippen molar-refractivity contribution in [2.24, 2.45) is 11.1 Å². The summed E-state index contributed by atoms with van der Waals surface area (Å²) in [5.41, 5.74) is 0.827. The number of nitrogens with zero attached hydrogens (tertiary/aromatic N) is 2. The molecule has 2 aliphatic rings. The third kappa shape index (κ3) is 2.94. The van der Waals surface area contributed by atoms with Crippen LogP contribution in [-0.2, 0) is 19.5 Å². The molecule has 2 aliphatic heterocycles. The molecule has 0 N–H and O–H groups in total. The van der Waals surface area contributed by atoms with Gasteiger partial charge in [0.25, 0.3) is 0 Å². The number of fused-ring (bicyclic) bond motifs is 1. The average molecular weight is 382 g/mol. The molecular formula is C20H18N2O4S. The van der Waals surface area contributed by atoms with Crippen LogP contribution in [0.4, 0.5) is 0 Å². The molecule has 0 radical (unpaired) electrons. The van der Waals surface area contributed by atoms with Crippen LogP contribution in [0.2, 0.25) is 0 Å². The van der Waals surface area contributed by atoms with Crippen LogP contribution in [0.1, 0.15) is 18.5 Å². The fraction of sp³-hybridized carbons (Fsp3) is 0.200. The van der Waals surface area contributed by atoms with E-state index in [9.17, 15) is 13.2 Å². The minimum atomic E-state index is -3.85. The zero-order chi connectivity index (χ0) is 19.0. The molecule has 0 bridgehead atoms. The van der Waals surface area contributed by atoms with E-state index in [4.69, 9.17) is 4.84 Å². The minimum absolute atomic E-state index is 0.0526. The maximum Gasteiger partial charge on any atom is 0.223 e. The lowest BCUT2D eigenvalue weighted by molar-refractivity contribution is -0.129. The van der Waals surface area contributed by atoms with E-state index >= 15 is 0 Å². The molecular weight excluding hydrogens is 364 g/mol.